The Kier molecular flexibility index (Phi) is 3.72. The maximum absolute atomic E-state index is 13.0. The van der Waals surface area contributed by atoms with E-state index in [1.54, 1.807) is 0 Å². The number of amides is 1. The van der Waals surface area contributed by atoms with E-state index in [1.807, 2.05) is 17.5 Å². The zero-order chi connectivity index (χ0) is 14.8. The molecule has 0 unspecified atom stereocenters. The fourth-order valence-corrected chi connectivity index (χ4v) is 2.69. The van der Waals surface area contributed by atoms with Gasteiger partial charge in [0, 0.05) is 0 Å². The SMILES string of the molecule is O=C(Nc1ccc(F)cc1Cl)c1ncoc1-c1cccs1. The summed E-state index contributed by atoms with van der Waals surface area (Å²) in [5.74, 6) is -0.555. The van der Waals surface area contributed by atoms with Crippen LogP contribution >= 0.6 is 22.9 Å². The van der Waals surface area contributed by atoms with Crippen LogP contribution in [0.4, 0.5) is 10.1 Å². The van der Waals surface area contributed by atoms with Crippen molar-refractivity contribution in [3.63, 3.8) is 0 Å². The largest absolute Gasteiger partial charge is 0.442 e. The van der Waals surface area contributed by atoms with Gasteiger partial charge in [0.25, 0.3) is 5.91 Å². The van der Waals surface area contributed by atoms with Crippen LogP contribution in [0.25, 0.3) is 10.6 Å². The number of hydrogen-bond acceptors (Lipinski definition) is 4. The average molecular weight is 323 g/mol. The number of rotatable bonds is 3. The predicted molar refractivity (Wildman–Crippen MR) is 79.2 cm³/mol. The summed E-state index contributed by atoms with van der Waals surface area (Å²) in [5.41, 5.74) is 0.459. The van der Waals surface area contributed by atoms with Crippen molar-refractivity contribution in [2.75, 3.05) is 5.32 Å². The predicted octanol–water partition coefficient (Wildman–Crippen LogP) is 4.45. The van der Waals surface area contributed by atoms with Gasteiger partial charge in [-0.25, -0.2) is 9.37 Å². The van der Waals surface area contributed by atoms with Crippen molar-refractivity contribution in [1.29, 1.82) is 0 Å². The third kappa shape index (κ3) is 2.81. The van der Waals surface area contributed by atoms with Gasteiger partial charge < -0.3 is 9.73 Å². The molecule has 7 heteroatoms. The van der Waals surface area contributed by atoms with Crippen LogP contribution < -0.4 is 5.32 Å². The first-order valence-corrected chi connectivity index (χ1v) is 7.14. The highest BCUT2D eigenvalue weighted by Crippen LogP contribution is 2.29. The summed E-state index contributed by atoms with van der Waals surface area (Å²) in [5, 5.41) is 4.57. The Labute approximate surface area is 128 Å². The first-order chi connectivity index (χ1) is 10.1. The zero-order valence-corrected chi connectivity index (χ0v) is 12.0. The van der Waals surface area contributed by atoms with Gasteiger partial charge in [0.15, 0.2) is 17.8 Å². The maximum Gasteiger partial charge on any atom is 0.278 e. The lowest BCUT2D eigenvalue weighted by Gasteiger charge is -2.06. The van der Waals surface area contributed by atoms with Gasteiger partial charge in [-0.15, -0.1) is 11.3 Å². The molecule has 2 aromatic heterocycles. The van der Waals surface area contributed by atoms with Crippen molar-refractivity contribution < 1.29 is 13.6 Å². The van der Waals surface area contributed by atoms with Crippen LogP contribution in [0.5, 0.6) is 0 Å². The van der Waals surface area contributed by atoms with Gasteiger partial charge >= 0.3 is 0 Å². The average Bonchev–Trinajstić information content (AvgIpc) is 3.10. The number of halogens is 2. The minimum Gasteiger partial charge on any atom is -0.442 e. The second kappa shape index (κ2) is 5.67. The number of anilines is 1. The van der Waals surface area contributed by atoms with Crippen LogP contribution in [0.1, 0.15) is 10.5 Å². The van der Waals surface area contributed by atoms with Crippen molar-refractivity contribution in [2.24, 2.45) is 0 Å². The molecule has 4 nitrogen and oxygen atoms in total. The lowest BCUT2D eigenvalue weighted by Crippen LogP contribution is -2.13. The third-order valence-corrected chi connectivity index (χ3v) is 3.89. The van der Waals surface area contributed by atoms with Crippen molar-refractivity contribution in [3.8, 4) is 10.6 Å². The number of benzene rings is 1. The molecule has 0 aliphatic rings. The third-order valence-electron chi connectivity index (χ3n) is 2.71. The molecular formula is C14H8ClFN2O2S. The van der Waals surface area contributed by atoms with E-state index in [0.29, 0.717) is 11.4 Å². The Morgan fingerprint density at radius 1 is 1.38 bits per heavy atom. The second-order valence-corrected chi connectivity index (χ2v) is 5.44. The standard InChI is InChI=1S/C14H8ClFN2O2S/c15-9-6-8(16)3-4-10(9)18-14(19)12-13(20-7-17-12)11-2-1-5-21-11/h1-7H,(H,18,19). The van der Waals surface area contributed by atoms with E-state index in [-0.39, 0.29) is 10.7 Å². The molecule has 3 rings (SSSR count). The Bertz CT molecular complexity index is 786. The molecular weight excluding hydrogens is 315 g/mol. The fraction of sp³-hybridized carbons (Fsp3) is 0. The summed E-state index contributed by atoms with van der Waals surface area (Å²) in [6, 6.07) is 7.40. The fourth-order valence-electron chi connectivity index (χ4n) is 1.76. The van der Waals surface area contributed by atoms with Crippen molar-refractivity contribution in [2.45, 2.75) is 0 Å². The van der Waals surface area contributed by atoms with Crippen LogP contribution in [0.2, 0.25) is 5.02 Å². The summed E-state index contributed by atoms with van der Waals surface area (Å²) in [6.07, 6.45) is 1.20. The molecule has 106 valence electrons. The molecule has 0 fully saturated rings. The van der Waals surface area contributed by atoms with Gasteiger partial charge in [0.1, 0.15) is 5.82 Å². The molecule has 2 heterocycles. The quantitative estimate of drug-likeness (QED) is 0.775. The topological polar surface area (TPSA) is 55.1 Å². The minimum atomic E-state index is -0.473. The highest BCUT2D eigenvalue weighted by molar-refractivity contribution is 7.13. The van der Waals surface area contributed by atoms with Crippen LogP contribution in [-0.4, -0.2) is 10.9 Å². The number of nitrogens with zero attached hydrogens (tertiary/aromatic N) is 1. The number of nitrogens with one attached hydrogen (secondary N) is 1. The van der Waals surface area contributed by atoms with Crippen LogP contribution in [0.3, 0.4) is 0 Å². The van der Waals surface area contributed by atoms with Gasteiger partial charge in [0.2, 0.25) is 0 Å². The van der Waals surface area contributed by atoms with E-state index in [2.05, 4.69) is 10.3 Å². The number of thiophene rings is 1. The van der Waals surface area contributed by atoms with Gasteiger partial charge in [-0.05, 0) is 29.6 Å². The van der Waals surface area contributed by atoms with E-state index in [9.17, 15) is 9.18 Å². The molecule has 1 N–H and O–H groups in total. The van der Waals surface area contributed by atoms with Crippen molar-refractivity contribution >= 4 is 34.5 Å². The Balaban J connectivity index is 1.88. The van der Waals surface area contributed by atoms with E-state index < -0.39 is 11.7 Å². The van der Waals surface area contributed by atoms with Crippen molar-refractivity contribution in [3.05, 3.63) is 58.6 Å². The lowest BCUT2D eigenvalue weighted by atomic mass is 10.2. The number of oxazole rings is 1. The summed E-state index contributed by atoms with van der Waals surface area (Å²) in [4.78, 5) is 17.0. The molecule has 0 saturated carbocycles. The number of carbonyl (C=O) groups is 1. The Hall–Kier alpha value is -2.18. The smallest absolute Gasteiger partial charge is 0.278 e. The number of aromatic nitrogens is 1. The van der Waals surface area contributed by atoms with Gasteiger partial charge in [-0.2, -0.15) is 0 Å². The maximum atomic E-state index is 13.0. The zero-order valence-electron chi connectivity index (χ0n) is 10.5. The molecule has 0 aliphatic heterocycles. The van der Waals surface area contributed by atoms with E-state index in [0.717, 1.165) is 10.9 Å². The molecule has 21 heavy (non-hydrogen) atoms. The highest BCUT2D eigenvalue weighted by atomic mass is 35.5. The summed E-state index contributed by atoms with van der Waals surface area (Å²) in [6.45, 7) is 0. The molecule has 1 amide bonds. The summed E-state index contributed by atoms with van der Waals surface area (Å²) in [7, 11) is 0. The van der Waals surface area contributed by atoms with Gasteiger partial charge in [0.05, 0.1) is 15.6 Å². The molecule has 0 aliphatic carbocycles. The normalized spacial score (nSPS) is 10.6. The Morgan fingerprint density at radius 2 is 2.24 bits per heavy atom. The summed E-state index contributed by atoms with van der Waals surface area (Å²) >= 11 is 7.31. The first-order valence-electron chi connectivity index (χ1n) is 5.89. The molecule has 1 aromatic carbocycles. The van der Waals surface area contributed by atoms with E-state index >= 15 is 0 Å². The lowest BCUT2D eigenvalue weighted by molar-refractivity contribution is 0.102. The number of carbonyl (C=O) groups excluding carboxylic acids is 1. The highest BCUT2D eigenvalue weighted by Gasteiger charge is 2.19. The van der Waals surface area contributed by atoms with Gasteiger partial charge in [-0.3, -0.25) is 4.79 Å². The molecule has 0 saturated heterocycles. The summed E-state index contributed by atoms with van der Waals surface area (Å²) < 4.78 is 18.2. The second-order valence-electron chi connectivity index (χ2n) is 4.09. The molecule has 3 aromatic rings. The van der Waals surface area contributed by atoms with Crippen LogP contribution in [0, 0.1) is 5.82 Å². The molecule has 0 bridgehead atoms. The molecule has 0 radical (unpaired) electrons. The van der Waals surface area contributed by atoms with Crippen LogP contribution in [0.15, 0.2) is 46.5 Å². The van der Waals surface area contributed by atoms with E-state index in [4.69, 9.17) is 16.0 Å². The number of hydrogen-bond donors (Lipinski definition) is 1. The van der Waals surface area contributed by atoms with Gasteiger partial charge in [-0.1, -0.05) is 17.7 Å². The van der Waals surface area contributed by atoms with Crippen molar-refractivity contribution in [1.82, 2.24) is 4.98 Å². The van der Waals surface area contributed by atoms with Crippen LogP contribution in [-0.2, 0) is 0 Å². The molecule has 0 atom stereocenters. The Morgan fingerprint density at radius 3 is 2.95 bits per heavy atom. The molecule has 0 spiro atoms. The monoisotopic (exact) mass is 322 g/mol. The van der Waals surface area contributed by atoms with E-state index in [1.165, 1.54) is 29.9 Å². The first kappa shape index (κ1) is 13.8. The minimum absolute atomic E-state index is 0.115.